The van der Waals surface area contributed by atoms with E-state index in [-0.39, 0.29) is 0 Å². The molecule has 0 bridgehead atoms. The molecule has 1 fully saturated rings. The van der Waals surface area contributed by atoms with Crippen molar-refractivity contribution < 1.29 is 4.79 Å². The van der Waals surface area contributed by atoms with Crippen LogP contribution in [0, 0.1) is 5.92 Å². The standard InChI is InChI=1S/C17H25NO/c19-12-4-7-15-8-10-17(11-9-15)14-18-13-16-5-2-1-3-6-16/h8-12,16,18H,1-7,13-14H2. The second-order valence-corrected chi connectivity index (χ2v) is 5.66. The SMILES string of the molecule is O=CCCc1ccc(CNCC2CCCCC2)cc1. The van der Waals surface area contributed by atoms with Gasteiger partial charge in [-0.05, 0) is 42.9 Å². The zero-order chi connectivity index (χ0) is 13.3. The van der Waals surface area contributed by atoms with Crippen LogP contribution in [-0.2, 0) is 17.8 Å². The molecule has 0 aromatic heterocycles. The predicted molar refractivity (Wildman–Crippen MR) is 79.1 cm³/mol. The van der Waals surface area contributed by atoms with E-state index in [4.69, 9.17) is 0 Å². The number of carbonyl (C=O) groups is 1. The number of hydrogen-bond acceptors (Lipinski definition) is 2. The van der Waals surface area contributed by atoms with Crippen LogP contribution in [-0.4, -0.2) is 12.8 Å². The van der Waals surface area contributed by atoms with Crippen molar-refractivity contribution in [3.8, 4) is 0 Å². The second-order valence-electron chi connectivity index (χ2n) is 5.66. The van der Waals surface area contributed by atoms with Gasteiger partial charge in [0.2, 0.25) is 0 Å². The fraction of sp³-hybridized carbons (Fsp3) is 0.588. The van der Waals surface area contributed by atoms with E-state index in [1.165, 1.54) is 43.2 Å². The molecule has 1 N–H and O–H groups in total. The largest absolute Gasteiger partial charge is 0.312 e. The molecule has 1 aromatic carbocycles. The number of benzene rings is 1. The monoisotopic (exact) mass is 259 g/mol. The topological polar surface area (TPSA) is 29.1 Å². The minimum Gasteiger partial charge on any atom is -0.312 e. The van der Waals surface area contributed by atoms with E-state index in [1.54, 1.807) is 0 Å². The first kappa shape index (κ1) is 14.3. The molecular formula is C17H25NO. The molecule has 2 heteroatoms. The molecule has 2 nitrogen and oxygen atoms in total. The van der Waals surface area contributed by atoms with Crippen molar-refractivity contribution in [3.05, 3.63) is 35.4 Å². The van der Waals surface area contributed by atoms with Crippen molar-refractivity contribution in [2.24, 2.45) is 5.92 Å². The van der Waals surface area contributed by atoms with Crippen LogP contribution in [0.5, 0.6) is 0 Å². The zero-order valence-electron chi connectivity index (χ0n) is 11.7. The lowest BCUT2D eigenvalue weighted by molar-refractivity contribution is -0.107. The highest BCUT2D eigenvalue weighted by Gasteiger charge is 2.12. The summed E-state index contributed by atoms with van der Waals surface area (Å²) in [6.45, 7) is 2.12. The molecule has 0 aliphatic heterocycles. The molecule has 0 unspecified atom stereocenters. The van der Waals surface area contributed by atoms with Gasteiger partial charge in [-0.3, -0.25) is 0 Å². The maximum Gasteiger partial charge on any atom is 0.120 e. The van der Waals surface area contributed by atoms with Crippen LogP contribution in [0.3, 0.4) is 0 Å². The smallest absolute Gasteiger partial charge is 0.120 e. The van der Waals surface area contributed by atoms with Crippen molar-refractivity contribution in [1.82, 2.24) is 5.32 Å². The van der Waals surface area contributed by atoms with Gasteiger partial charge >= 0.3 is 0 Å². The molecule has 0 radical (unpaired) electrons. The quantitative estimate of drug-likeness (QED) is 0.759. The van der Waals surface area contributed by atoms with Crippen LogP contribution >= 0.6 is 0 Å². The molecule has 1 aromatic rings. The van der Waals surface area contributed by atoms with Crippen molar-refractivity contribution in [3.63, 3.8) is 0 Å². The number of rotatable bonds is 7. The van der Waals surface area contributed by atoms with Gasteiger partial charge in [-0.25, -0.2) is 0 Å². The van der Waals surface area contributed by atoms with Gasteiger partial charge in [-0.2, -0.15) is 0 Å². The first-order chi connectivity index (χ1) is 9.38. The Morgan fingerprint density at radius 2 is 1.74 bits per heavy atom. The Labute approximate surface area is 116 Å². The van der Waals surface area contributed by atoms with Crippen LogP contribution in [0.25, 0.3) is 0 Å². The van der Waals surface area contributed by atoms with Crippen LogP contribution < -0.4 is 5.32 Å². The third-order valence-electron chi connectivity index (χ3n) is 4.06. The normalized spacial score (nSPS) is 16.4. The van der Waals surface area contributed by atoms with E-state index in [9.17, 15) is 4.79 Å². The second kappa shape index (κ2) is 8.11. The van der Waals surface area contributed by atoms with E-state index in [0.717, 1.165) is 31.7 Å². The zero-order valence-corrected chi connectivity index (χ0v) is 11.7. The van der Waals surface area contributed by atoms with Crippen molar-refractivity contribution in [2.75, 3.05) is 6.54 Å². The van der Waals surface area contributed by atoms with Gasteiger partial charge in [0.1, 0.15) is 6.29 Å². The summed E-state index contributed by atoms with van der Waals surface area (Å²) in [4.78, 5) is 10.3. The molecular weight excluding hydrogens is 234 g/mol. The number of aldehydes is 1. The summed E-state index contributed by atoms with van der Waals surface area (Å²) < 4.78 is 0. The molecule has 1 saturated carbocycles. The molecule has 0 atom stereocenters. The fourth-order valence-electron chi connectivity index (χ4n) is 2.86. The van der Waals surface area contributed by atoms with Gasteiger partial charge in [0.05, 0.1) is 0 Å². The average Bonchev–Trinajstić information content (AvgIpc) is 2.47. The van der Waals surface area contributed by atoms with E-state index >= 15 is 0 Å². The molecule has 2 rings (SSSR count). The van der Waals surface area contributed by atoms with Gasteiger partial charge in [-0.1, -0.05) is 43.5 Å². The third kappa shape index (κ3) is 5.15. The average molecular weight is 259 g/mol. The van der Waals surface area contributed by atoms with Crippen molar-refractivity contribution in [1.29, 1.82) is 0 Å². The fourth-order valence-corrected chi connectivity index (χ4v) is 2.86. The van der Waals surface area contributed by atoms with E-state index < -0.39 is 0 Å². The summed E-state index contributed by atoms with van der Waals surface area (Å²) in [5.74, 6) is 0.889. The summed E-state index contributed by atoms with van der Waals surface area (Å²) >= 11 is 0. The maximum atomic E-state index is 10.3. The van der Waals surface area contributed by atoms with E-state index in [1.807, 2.05) is 0 Å². The lowest BCUT2D eigenvalue weighted by atomic mass is 9.89. The van der Waals surface area contributed by atoms with Crippen LogP contribution in [0.1, 0.15) is 49.7 Å². The number of hydrogen-bond donors (Lipinski definition) is 1. The summed E-state index contributed by atoms with van der Waals surface area (Å²) in [6.07, 6.45) is 9.53. The molecule has 0 spiro atoms. The predicted octanol–water partition coefficient (Wildman–Crippen LogP) is 3.49. The lowest BCUT2D eigenvalue weighted by Gasteiger charge is -2.21. The number of carbonyl (C=O) groups excluding carboxylic acids is 1. The summed E-state index contributed by atoms with van der Waals surface area (Å²) in [7, 11) is 0. The summed E-state index contributed by atoms with van der Waals surface area (Å²) in [6, 6.07) is 8.63. The molecule has 1 aliphatic rings. The minimum atomic E-state index is 0.624. The Bertz CT molecular complexity index is 365. The van der Waals surface area contributed by atoms with Gasteiger partial charge in [0, 0.05) is 13.0 Å². The molecule has 0 saturated heterocycles. The summed E-state index contributed by atoms with van der Waals surface area (Å²) in [5.41, 5.74) is 2.59. The molecule has 104 valence electrons. The Morgan fingerprint density at radius 3 is 2.42 bits per heavy atom. The minimum absolute atomic E-state index is 0.624. The molecule has 0 heterocycles. The number of aryl methyl sites for hydroxylation is 1. The van der Waals surface area contributed by atoms with Gasteiger partial charge in [0.15, 0.2) is 0 Å². The van der Waals surface area contributed by atoms with Crippen LogP contribution in [0.4, 0.5) is 0 Å². The highest BCUT2D eigenvalue weighted by molar-refractivity contribution is 5.50. The lowest BCUT2D eigenvalue weighted by Crippen LogP contribution is -2.24. The Balaban J connectivity index is 1.68. The van der Waals surface area contributed by atoms with Gasteiger partial charge in [0.25, 0.3) is 0 Å². The van der Waals surface area contributed by atoms with Crippen molar-refractivity contribution in [2.45, 2.75) is 51.5 Å². The Morgan fingerprint density at radius 1 is 1.05 bits per heavy atom. The van der Waals surface area contributed by atoms with Crippen molar-refractivity contribution >= 4 is 6.29 Å². The summed E-state index contributed by atoms with van der Waals surface area (Å²) in [5, 5.41) is 3.58. The maximum absolute atomic E-state index is 10.3. The van der Waals surface area contributed by atoms with E-state index in [0.29, 0.717) is 6.42 Å². The highest BCUT2D eigenvalue weighted by Crippen LogP contribution is 2.22. The Kier molecular flexibility index (Phi) is 6.09. The Hall–Kier alpha value is -1.15. The molecule has 19 heavy (non-hydrogen) atoms. The third-order valence-corrected chi connectivity index (χ3v) is 4.06. The van der Waals surface area contributed by atoms with Gasteiger partial charge < -0.3 is 10.1 Å². The first-order valence-corrected chi connectivity index (χ1v) is 7.60. The van der Waals surface area contributed by atoms with Gasteiger partial charge in [-0.15, -0.1) is 0 Å². The molecule has 1 aliphatic carbocycles. The first-order valence-electron chi connectivity index (χ1n) is 7.60. The highest BCUT2D eigenvalue weighted by atomic mass is 16.1. The van der Waals surface area contributed by atoms with Crippen LogP contribution in [0.2, 0.25) is 0 Å². The van der Waals surface area contributed by atoms with E-state index in [2.05, 4.69) is 29.6 Å². The molecule has 0 amide bonds. The van der Waals surface area contributed by atoms with Crippen LogP contribution in [0.15, 0.2) is 24.3 Å². The number of nitrogens with one attached hydrogen (secondary N) is 1.